The SMILES string of the molecule is CCCCCc1ccc(CCCc2ccc(CCC(C)(C)CC(=O)O)s2)cc1. The van der Waals surface area contributed by atoms with Crippen LogP contribution in [-0.4, -0.2) is 11.1 Å². The van der Waals surface area contributed by atoms with Crippen molar-refractivity contribution >= 4 is 17.3 Å². The van der Waals surface area contributed by atoms with E-state index in [4.69, 9.17) is 5.11 Å². The standard InChI is InChI=1S/C25H36O2S/c1-4-5-6-8-20-11-13-21(14-12-20)9-7-10-22-15-16-23(28-22)17-18-25(2,3)19-24(26)27/h11-16H,4-10,17-19H2,1-3H3,(H,26,27). The van der Waals surface area contributed by atoms with Crippen molar-refractivity contribution in [3.63, 3.8) is 0 Å². The summed E-state index contributed by atoms with van der Waals surface area (Å²) in [6.45, 7) is 6.34. The van der Waals surface area contributed by atoms with Gasteiger partial charge in [-0.2, -0.15) is 0 Å². The molecule has 1 aromatic heterocycles. The van der Waals surface area contributed by atoms with Crippen LogP contribution in [0.4, 0.5) is 0 Å². The number of benzene rings is 1. The Bertz CT molecular complexity index is 712. The molecule has 0 saturated carbocycles. The molecule has 2 rings (SSSR count). The van der Waals surface area contributed by atoms with Crippen molar-refractivity contribution in [3.8, 4) is 0 Å². The first-order chi connectivity index (χ1) is 13.4. The van der Waals surface area contributed by atoms with Crippen molar-refractivity contribution in [2.24, 2.45) is 5.41 Å². The topological polar surface area (TPSA) is 37.3 Å². The number of thiophene rings is 1. The highest BCUT2D eigenvalue weighted by atomic mass is 32.1. The van der Waals surface area contributed by atoms with E-state index in [-0.39, 0.29) is 11.8 Å². The van der Waals surface area contributed by atoms with Crippen LogP contribution in [0.3, 0.4) is 0 Å². The first kappa shape index (κ1) is 22.7. The summed E-state index contributed by atoms with van der Waals surface area (Å²) in [4.78, 5) is 13.8. The van der Waals surface area contributed by atoms with Gasteiger partial charge in [-0.15, -0.1) is 11.3 Å². The van der Waals surface area contributed by atoms with Crippen LogP contribution in [-0.2, 0) is 30.5 Å². The molecule has 1 N–H and O–H groups in total. The highest BCUT2D eigenvalue weighted by Crippen LogP contribution is 2.29. The number of carboxylic acid groups (broad SMARTS) is 1. The average molecular weight is 401 g/mol. The minimum absolute atomic E-state index is 0.140. The Morgan fingerprint density at radius 2 is 1.43 bits per heavy atom. The lowest BCUT2D eigenvalue weighted by Crippen LogP contribution is -2.17. The quantitative estimate of drug-likeness (QED) is 0.364. The van der Waals surface area contributed by atoms with Crippen LogP contribution in [0.1, 0.15) is 80.2 Å². The number of carboxylic acids is 1. The van der Waals surface area contributed by atoms with Gasteiger partial charge < -0.3 is 5.11 Å². The lowest BCUT2D eigenvalue weighted by atomic mass is 9.84. The molecule has 1 heterocycles. The van der Waals surface area contributed by atoms with E-state index in [9.17, 15) is 4.79 Å². The lowest BCUT2D eigenvalue weighted by Gasteiger charge is -2.21. The summed E-state index contributed by atoms with van der Waals surface area (Å²) in [5, 5.41) is 9.01. The maximum Gasteiger partial charge on any atom is 0.303 e. The molecule has 154 valence electrons. The molecule has 0 fully saturated rings. The number of aliphatic carboxylic acids is 1. The fourth-order valence-electron chi connectivity index (χ4n) is 3.57. The van der Waals surface area contributed by atoms with E-state index in [0.717, 1.165) is 25.7 Å². The molecule has 2 aromatic rings. The predicted octanol–water partition coefficient (Wildman–Crippen LogP) is 7.09. The van der Waals surface area contributed by atoms with Crippen molar-refractivity contribution in [1.29, 1.82) is 0 Å². The van der Waals surface area contributed by atoms with Crippen LogP contribution in [0.5, 0.6) is 0 Å². The Morgan fingerprint density at radius 1 is 0.857 bits per heavy atom. The summed E-state index contributed by atoms with van der Waals surface area (Å²) in [5.74, 6) is -0.703. The van der Waals surface area contributed by atoms with E-state index in [1.54, 1.807) is 0 Å². The number of aryl methyl sites for hydroxylation is 4. The van der Waals surface area contributed by atoms with Gasteiger partial charge in [-0.1, -0.05) is 57.9 Å². The first-order valence-electron chi connectivity index (χ1n) is 10.8. The Balaban J connectivity index is 1.71. The van der Waals surface area contributed by atoms with Gasteiger partial charge in [-0.05, 0) is 73.6 Å². The molecule has 0 aliphatic carbocycles. The molecule has 3 heteroatoms. The fraction of sp³-hybridized carbons (Fsp3) is 0.560. The monoisotopic (exact) mass is 400 g/mol. The van der Waals surface area contributed by atoms with Gasteiger partial charge in [0.15, 0.2) is 0 Å². The number of unbranched alkanes of at least 4 members (excludes halogenated alkanes) is 2. The average Bonchev–Trinajstić information content (AvgIpc) is 3.09. The fourth-order valence-corrected chi connectivity index (χ4v) is 4.63. The Labute approximate surface area is 175 Å². The zero-order valence-electron chi connectivity index (χ0n) is 17.8. The van der Waals surface area contributed by atoms with Crippen molar-refractivity contribution < 1.29 is 9.90 Å². The summed E-state index contributed by atoms with van der Waals surface area (Å²) in [6.07, 6.45) is 10.7. The zero-order valence-corrected chi connectivity index (χ0v) is 18.6. The zero-order chi connectivity index (χ0) is 20.4. The Kier molecular flexibility index (Phi) is 9.24. The minimum Gasteiger partial charge on any atom is -0.481 e. The smallest absolute Gasteiger partial charge is 0.303 e. The molecule has 0 saturated heterocycles. The second-order valence-electron chi connectivity index (χ2n) is 8.73. The number of carbonyl (C=O) groups is 1. The highest BCUT2D eigenvalue weighted by Gasteiger charge is 2.21. The molecule has 0 unspecified atom stereocenters. The summed E-state index contributed by atoms with van der Waals surface area (Å²) in [6, 6.07) is 13.7. The molecule has 0 spiro atoms. The van der Waals surface area contributed by atoms with Gasteiger partial charge in [0, 0.05) is 9.75 Å². The minimum atomic E-state index is -0.703. The normalized spacial score (nSPS) is 11.7. The van der Waals surface area contributed by atoms with Crippen LogP contribution in [0.25, 0.3) is 0 Å². The Hall–Kier alpha value is -1.61. The first-order valence-corrected chi connectivity index (χ1v) is 11.6. The van der Waals surface area contributed by atoms with Gasteiger partial charge >= 0.3 is 5.97 Å². The van der Waals surface area contributed by atoms with Crippen LogP contribution >= 0.6 is 11.3 Å². The Morgan fingerprint density at radius 3 is 2.00 bits per heavy atom. The molecular weight excluding hydrogens is 364 g/mol. The second-order valence-corrected chi connectivity index (χ2v) is 9.98. The number of hydrogen-bond acceptors (Lipinski definition) is 2. The van der Waals surface area contributed by atoms with Crippen molar-refractivity contribution in [1.82, 2.24) is 0 Å². The second kappa shape index (κ2) is 11.4. The van der Waals surface area contributed by atoms with Crippen molar-refractivity contribution in [2.75, 3.05) is 0 Å². The molecule has 0 aliphatic heterocycles. The van der Waals surface area contributed by atoms with Crippen molar-refractivity contribution in [3.05, 3.63) is 57.3 Å². The van der Waals surface area contributed by atoms with Gasteiger partial charge in [-0.25, -0.2) is 0 Å². The third kappa shape index (κ3) is 8.60. The van der Waals surface area contributed by atoms with Gasteiger partial charge in [0.2, 0.25) is 0 Å². The van der Waals surface area contributed by atoms with E-state index in [1.807, 2.05) is 25.2 Å². The van der Waals surface area contributed by atoms with Gasteiger partial charge in [0.05, 0.1) is 6.42 Å². The van der Waals surface area contributed by atoms with Gasteiger partial charge in [0.25, 0.3) is 0 Å². The van der Waals surface area contributed by atoms with E-state index in [0.29, 0.717) is 0 Å². The summed E-state index contributed by atoms with van der Waals surface area (Å²) < 4.78 is 0. The number of hydrogen-bond donors (Lipinski definition) is 1. The molecule has 28 heavy (non-hydrogen) atoms. The van der Waals surface area contributed by atoms with Crippen LogP contribution in [0.2, 0.25) is 0 Å². The van der Waals surface area contributed by atoms with E-state index in [2.05, 4.69) is 43.3 Å². The predicted molar refractivity (Wildman–Crippen MR) is 120 cm³/mol. The van der Waals surface area contributed by atoms with Gasteiger partial charge in [0.1, 0.15) is 0 Å². The molecule has 0 amide bonds. The molecular formula is C25H36O2S. The molecule has 0 radical (unpaired) electrons. The van der Waals surface area contributed by atoms with Crippen molar-refractivity contribution in [2.45, 2.75) is 85.0 Å². The summed E-state index contributed by atoms with van der Waals surface area (Å²) >= 11 is 1.89. The summed E-state index contributed by atoms with van der Waals surface area (Å²) in [7, 11) is 0. The van der Waals surface area contributed by atoms with E-state index >= 15 is 0 Å². The lowest BCUT2D eigenvalue weighted by molar-refractivity contribution is -0.139. The molecule has 0 atom stereocenters. The van der Waals surface area contributed by atoms with Crippen LogP contribution < -0.4 is 0 Å². The molecule has 0 bridgehead atoms. The molecule has 0 aliphatic rings. The maximum atomic E-state index is 10.9. The summed E-state index contributed by atoms with van der Waals surface area (Å²) in [5.41, 5.74) is 2.76. The maximum absolute atomic E-state index is 10.9. The molecule has 1 aromatic carbocycles. The van der Waals surface area contributed by atoms with Gasteiger partial charge in [-0.3, -0.25) is 4.79 Å². The van der Waals surface area contributed by atoms with Crippen LogP contribution in [0, 0.1) is 5.41 Å². The number of rotatable bonds is 13. The van der Waals surface area contributed by atoms with Crippen LogP contribution in [0.15, 0.2) is 36.4 Å². The highest BCUT2D eigenvalue weighted by molar-refractivity contribution is 7.11. The molecule has 2 nitrogen and oxygen atoms in total. The third-order valence-corrected chi connectivity index (χ3v) is 6.58. The van der Waals surface area contributed by atoms with E-state index < -0.39 is 5.97 Å². The largest absolute Gasteiger partial charge is 0.481 e. The third-order valence-electron chi connectivity index (χ3n) is 5.38. The van der Waals surface area contributed by atoms with E-state index in [1.165, 1.54) is 53.0 Å².